The van der Waals surface area contributed by atoms with Crippen molar-refractivity contribution in [2.75, 3.05) is 6.54 Å². The summed E-state index contributed by atoms with van der Waals surface area (Å²) in [6.45, 7) is 1.87. The molecule has 5 rings (SSSR count). The SMILES string of the molecule is Cc1ccc(S(=O)(=O)O)cc1.N[C@H](Cc1cc(F)c(F)cc1F)C1CC2CCC(C1)N2C(=O)CNC(=O)C1CC1. The molecule has 3 aliphatic rings. The van der Waals surface area contributed by atoms with Crippen LogP contribution >= 0.6 is 0 Å². The first-order chi connectivity index (χ1) is 18.8. The second-order valence-corrected chi connectivity index (χ2v) is 12.3. The fourth-order valence-corrected chi connectivity index (χ4v) is 6.05. The van der Waals surface area contributed by atoms with Crippen LogP contribution in [-0.4, -0.2) is 54.4 Å². The lowest BCUT2D eigenvalue weighted by molar-refractivity contribution is -0.137. The van der Waals surface area contributed by atoms with Crippen molar-refractivity contribution in [3.8, 4) is 0 Å². The zero-order valence-electron chi connectivity index (χ0n) is 22.2. The Morgan fingerprint density at radius 2 is 1.57 bits per heavy atom. The highest BCUT2D eigenvalue weighted by Gasteiger charge is 2.44. The van der Waals surface area contributed by atoms with Crippen LogP contribution in [0.1, 0.15) is 49.7 Å². The third-order valence-electron chi connectivity index (χ3n) is 7.89. The molecular formula is C28H34F3N3O5S. The van der Waals surface area contributed by atoms with Gasteiger partial charge in [-0.15, -0.1) is 0 Å². The van der Waals surface area contributed by atoms with Gasteiger partial charge in [-0.1, -0.05) is 17.7 Å². The van der Waals surface area contributed by atoms with Gasteiger partial charge in [-0.25, -0.2) is 13.2 Å². The second-order valence-electron chi connectivity index (χ2n) is 10.9. The summed E-state index contributed by atoms with van der Waals surface area (Å²) in [4.78, 5) is 26.2. The molecular weight excluding hydrogens is 547 g/mol. The van der Waals surface area contributed by atoms with Gasteiger partial charge in [0, 0.05) is 30.1 Å². The third-order valence-corrected chi connectivity index (χ3v) is 8.76. The van der Waals surface area contributed by atoms with Crippen LogP contribution in [-0.2, 0) is 26.1 Å². The van der Waals surface area contributed by atoms with E-state index in [1.54, 1.807) is 12.1 Å². The fourth-order valence-electron chi connectivity index (χ4n) is 5.57. The van der Waals surface area contributed by atoms with Gasteiger partial charge in [0.2, 0.25) is 11.8 Å². The van der Waals surface area contributed by atoms with Crippen molar-refractivity contribution in [2.24, 2.45) is 17.6 Å². The summed E-state index contributed by atoms with van der Waals surface area (Å²) in [5.41, 5.74) is 7.34. The highest BCUT2D eigenvalue weighted by molar-refractivity contribution is 7.85. The summed E-state index contributed by atoms with van der Waals surface area (Å²) in [6, 6.07) is 7.14. The van der Waals surface area contributed by atoms with Gasteiger partial charge in [-0.05, 0) is 81.5 Å². The van der Waals surface area contributed by atoms with Crippen LogP contribution in [0.3, 0.4) is 0 Å². The second kappa shape index (κ2) is 12.3. The molecule has 1 saturated carbocycles. The van der Waals surface area contributed by atoms with Crippen LogP contribution < -0.4 is 11.1 Å². The van der Waals surface area contributed by atoms with E-state index in [0.29, 0.717) is 18.9 Å². The number of nitrogens with two attached hydrogens (primary N) is 1. The molecule has 0 spiro atoms. The lowest BCUT2D eigenvalue weighted by atomic mass is 9.82. The topological polar surface area (TPSA) is 130 Å². The molecule has 2 heterocycles. The van der Waals surface area contributed by atoms with Gasteiger partial charge in [0.05, 0.1) is 11.4 Å². The molecule has 2 aromatic rings. The molecule has 40 heavy (non-hydrogen) atoms. The van der Waals surface area contributed by atoms with E-state index in [0.717, 1.165) is 37.3 Å². The summed E-state index contributed by atoms with van der Waals surface area (Å²) in [5.74, 6) is -3.05. The number of fused-ring (bicyclic) bond motifs is 2. The van der Waals surface area contributed by atoms with Crippen molar-refractivity contribution in [3.63, 3.8) is 0 Å². The molecule has 2 bridgehead atoms. The van der Waals surface area contributed by atoms with Crippen molar-refractivity contribution in [1.29, 1.82) is 0 Å². The molecule has 2 aromatic carbocycles. The van der Waals surface area contributed by atoms with Crippen molar-refractivity contribution in [2.45, 2.75) is 74.9 Å². The van der Waals surface area contributed by atoms with Gasteiger partial charge in [-0.2, -0.15) is 8.42 Å². The quantitative estimate of drug-likeness (QED) is 0.339. The van der Waals surface area contributed by atoms with Crippen LogP contribution in [0.25, 0.3) is 0 Å². The number of carbonyl (C=O) groups excluding carboxylic acids is 2. The first-order valence-corrected chi connectivity index (χ1v) is 14.8. The molecule has 0 aromatic heterocycles. The molecule has 12 heteroatoms. The molecule has 2 unspecified atom stereocenters. The van der Waals surface area contributed by atoms with Crippen LogP contribution in [0, 0.1) is 36.2 Å². The number of nitrogens with one attached hydrogen (secondary N) is 1. The van der Waals surface area contributed by atoms with Crippen molar-refractivity contribution in [1.82, 2.24) is 10.2 Å². The Labute approximate surface area is 231 Å². The van der Waals surface area contributed by atoms with Gasteiger partial charge in [0.25, 0.3) is 10.1 Å². The number of aryl methyl sites for hydroxylation is 1. The molecule has 8 nitrogen and oxygen atoms in total. The van der Waals surface area contributed by atoms with Gasteiger partial charge in [0.15, 0.2) is 11.6 Å². The number of hydrogen-bond acceptors (Lipinski definition) is 5. The normalized spacial score (nSPS) is 22.8. The smallest absolute Gasteiger partial charge is 0.294 e. The Morgan fingerprint density at radius 3 is 2.12 bits per heavy atom. The number of rotatable bonds is 7. The Morgan fingerprint density at radius 1 is 1.00 bits per heavy atom. The number of nitrogens with zero attached hydrogens (tertiary/aromatic N) is 1. The molecule has 0 radical (unpaired) electrons. The molecule has 218 valence electrons. The summed E-state index contributed by atoms with van der Waals surface area (Å²) in [5, 5.41) is 2.73. The van der Waals surface area contributed by atoms with Gasteiger partial charge in [0.1, 0.15) is 5.82 Å². The summed E-state index contributed by atoms with van der Waals surface area (Å²) in [6.07, 6.45) is 5.08. The van der Waals surface area contributed by atoms with Crippen LogP contribution in [0.4, 0.5) is 13.2 Å². The van der Waals surface area contributed by atoms with Crippen molar-refractivity contribution < 1.29 is 35.7 Å². The monoisotopic (exact) mass is 581 g/mol. The first-order valence-electron chi connectivity index (χ1n) is 13.4. The third kappa shape index (κ3) is 7.41. The van der Waals surface area contributed by atoms with E-state index in [-0.39, 0.29) is 59.2 Å². The minimum Gasteiger partial charge on any atom is -0.347 e. The van der Waals surface area contributed by atoms with Crippen LogP contribution in [0.2, 0.25) is 0 Å². The minimum absolute atomic E-state index is 0.0269. The maximum absolute atomic E-state index is 14.0. The van der Waals surface area contributed by atoms with Crippen molar-refractivity contribution in [3.05, 3.63) is 65.0 Å². The minimum atomic E-state index is -4.02. The Bertz CT molecular complexity index is 1340. The van der Waals surface area contributed by atoms with Crippen molar-refractivity contribution >= 4 is 21.9 Å². The largest absolute Gasteiger partial charge is 0.347 e. The molecule has 2 saturated heterocycles. The lowest BCUT2D eigenvalue weighted by Gasteiger charge is -2.41. The fraction of sp³-hybridized carbons (Fsp3) is 0.500. The molecule has 3 atom stereocenters. The summed E-state index contributed by atoms with van der Waals surface area (Å²) < 4.78 is 70.1. The highest BCUT2D eigenvalue weighted by Crippen LogP contribution is 2.40. The van der Waals surface area contributed by atoms with Gasteiger partial charge in [-0.3, -0.25) is 14.1 Å². The maximum Gasteiger partial charge on any atom is 0.294 e. The molecule has 3 fully saturated rings. The molecule has 2 amide bonds. The Balaban J connectivity index is 0.000000283. The summed E-state index contributed by atoms with van der Waals surface area (Å²) in [7, 11) is -4.02. The van der Waals surface area contributed by atoms with E-state index in [4.69, 9.17) is 10.3 Å². The number of piperidine rings is 1. The predicted molar refractivity (Wildman–Crippen MR) is 141 cm³/mol. The number of carbonyl (C=O) groups is 2. The maximum atomic E-state index is 14.0. The first kappa shape index (κ1) is 30.0. The average Bonchev–Trinajstić information content (AvgIpc) is 3.70. The molecule has 1 aliphatic carbocycles. The van der Waals surface area contributed by atoms with Gasteiger partial charge >= 0.3 is 0 Å². The lowest BCUT2D eigenvalue weighted by Crippen LogP contribution is -2.52. The number of halogens is 3. The zero-order valence-corrected chi connectivity index (χ0v) is 23.0. The van der Waals surface area contributed by atoms with E-state index in [9.17, 15) is 31.2 Å². The summed E-state index contributed by atoms with van der Waals surface area (Å²) >= 11 is 0. The number of hydrogen-bond donors (Lipinski definition) is 3. The van der Waals surface area contributed by atoms with Gasteiger partial charge < -0.3 is 16.0 Å². The standard InChI is InChI=1S/C21H26F3N3O2.C7H8O3S/c22-16-9-18(24)17(23)7-12(16)8-19(25)13-5-14-3-4-15(6-13)27(14)20(28)10-26-21(29)11-1-2-11;1-6-2-4-7(5-3-6)11(8,9)10/h7,9,11,13-15,19H,1-6,8,10,25H2,(H,26,29);2-5H,1H3,(H,8,9,10)/t13?,14?,15?,19-;/m1./s1. The molecule has 4 N–H and O–H groups in total. The van der Waals surface area contributed by atoms with E-state index < -0.39 is 33.6 Å². The number of amides is 2. The molecule has 2 aliphatic heterocycles. The predicted octanol–water partition coefficient (Wildman–Crippen LogP) is 3.51. The Hall–Kier alpha value is -2.96. The average molecular weight is 582 g/mol. The van der Waals surface area contributed by atoms with E-state index in [1.807, 2.05) is 11.8 Å². The van der Waals surface area contributed by atoms with E-state index >= 15 is 0 Å². The van der Waals surface area contributed by atoms with Crippen LogP contribution in [0.15, 0.2) is 41.3 Å². The number of benzene rings is 2. The zero-order chi connectivity index (χ0) is 29.2. The van der Waals surface area contributed by atoms with Crippen LogP contribution in [0.5, 0.6) is 0 Å². The Kier molecular flexibility index (Phi) is 9.21. The highest BCUT2D eigenvalue weighted by atomic mass is 32.2. The van der Waals surface area contributed by atoms with E-state index in [1.165, 1.54) is 12.1 Å². The van der Waals surface area contributed by atoms with E-state index in [2.05, 4.69) is 5.32 Å².